The lowest BCUT2D eigenvalue weighted by atomic mass is 9.95. The number of halogens is 3. The first-order valence-electron chi connectivity index (χ1n) is 7.01. The molecule has 7 heteroatoms. The monoisotopic (exact) mass is 367 g/mol. The maximum atomic E-state index is 12.4. The molecule has 0 heterocycles. The first-order valence-corrected chi connectivity index (χ1v) is 7.39. The Morgan fingerprint density at radius 3 is 2.64 bits per heavy atom. The van der Waals surface area contributed by atoms with E-state index in [1.165, 1.54) is 0 Å². The van der Waals surface area contributed by atoms with Gasteiger partial charge in [0.15, 0.2) is 0 Å². The van der Waals surface area contributed by atoms with Crippen LogP contribution in [0.1, 0.15) is 19.3 Å². The molecule has 0 spiro atoms. The van der Waals surface area contributed by atoms with Crippen molar-refractivity contribution in [2.45, 2.75) is 19.3 Å². The average molecular weight is 369 g/mol. The maximum absolute atomic E-state index is 12.4. The zero-order chi connectivity index (χ0) is 14.7. The third-order valence-electron chi connectivity index (χ3n) is 3.99. The van der Waals surface area contributed by atoms with Crippen LogP contribution < -0.4 is 16.0 Å². The quantitative estimate of drug-likeness (QED) is 0.854. The molecule has 0 aromatic heterocycles. The van der Waals surface area contributed by atoms with Gasteiger partial charge in [-0.25, -0.2) is 0 Å². The van der Waals surface area contributed by atoms with E-state index in [2.05, 4.69) is 5.32 Å². The Morgan fingerprint density at radius 1 is 1.36 bits per heavy atom. The molecule has 1 fully saturated rings. The summed E-state index contributed by atoms with van der Waals surface area (Å²) in [6, 6.07) is 5.55. The van der Waals surface area contributed by atoms with E-state index in [9.17, 15) is 4.79 Å². The van der Waals surface area contributed by atoms with Crippen LogP contribution in [0.25, 0.3) is 0 Å². The van der Waals surface area contributed by atoms with E-state index in [4.69, 9.17) is 17.3 Å². The number of carbonyl (C=O) groups is 1. The predicted octanol–water partition coefficient (Wildman–Crippen LogP) is 3.56. The van der Waals surface area contributed by atoms with E-state index in [1.54, 1.807) is 0 Å². The van der Waals surface area contributed by atoms with E-state index in [0.717, 1.165) is 30.6 Å². The number of hydrogen-bond acceptors (Lipinski definition) is 3. The molecule has 2 atom stereocenters. The minimum Gasteiger partial charge on any atom is -0.375 e. The van der Waals surface area contributed by atoms with Crippen LogP contribution in [0.15, 0.2) is 18.2 Å². The van der Waals surface area contributed by atoms with E-state index in [-0.39, 0.29) is 36.6 Å². The second kappa shape index (κ2) is 9.46. The summed E-state index contributed by atoms with van der Waals surface area (Å²) in [5.74, 6) is 0.384. The SMILES string of the molecule is CN(C)c1c(Cl)cccc1NC(=O)[C@@H]1CCC[C@@H]1CN.Cl.Cl. The highest BCUT2D eigenvalue weighted by molar-refractivity contribution is 6.34. The highest BCUT2D eigenvalue weighted by Gasteiger charge is 2.32. The Morgan fingerprint density at radius 2 is 2.05 bits per heavy atom. The third kappa shape index (κ3) is 4.66. The number of nitrogens with one attached hydrogen (secondary N) is 1. The van der Waals surface area contributed by atoms with Crippen molar-refractivity contribution in [1.29, 1.82) is 0 Å². The van der Waals surface area contributed by atoms with Crippen LogP contribution in [0.4, 0.5) is 11.4 Å². The number of para-hydroxylation sites is 1. The van der Waals surface area contributed by atoms with Gasteiger partial charge in [-0.3, -0.25) is 4.79 Å². The lowest BCUT2D eigenvalue weighted by Gasteiger charge is -2.22. The number of rotatable bonds is 4. The Kier molecular flexibility index (Phi) is 9.16. The van der Waals surface area contributed by atoms with Gasteiger partial charge in [0.05, 0.1) is 16.4 Å². The van der Waals surface area contributed by atoms with Crippen molar-refractivity contribution in [3.63, 3.8) is 0 Å². The van der Waals surface area contributed by atoms with Gasteiger partial charge in [-0.1, -0.05) is 24.1 Å². The van der Waals surface area contributed by atoms with Gasteiger partial charge in [-0.2, -0.15) is 0 Å². The summed E-state index contributed by atoms with van der Waals surface area (Å²) in [6.07, 6.45) is 3.05. The Balaban J connectivity index is 0.00000220. The molecule has 1 aliphatic carbocycles. The van der Waals surface area contributed by atoms with Crippen LogP contribution in [-0.2, 0) is 4.79 Å². The zero-order valence-corrected chi connectivity index (χ0v) is 15.2. The fourth-order valence-corrected chi connectivity index (χ4v) is 3.30. The summed E-state index contributed by atoms with van der Waals surface area (Å²) in [7, 11) is 3.82. The summed E-state index contributed by atoms with van der Waals surface area (Å²) in [5, 5.41) is 3.65. The van der Waals surface area contributed by atoms with Crippen LogP contribution in [-0.4, -0.2) is 26.5 Å². The topological polar surface area (TPSA) is 58.4 Å². The number of benzene rings is 1. The van der Waals surface area contributed by atoms with E-state index >= 15 is 0 Å². The first-order chi connectivity index (χ1) is 9.54. The minimum absolute atomic E-state index is 0. The third-order valence-corrected chi connectivity index (χ3v) is 4.30. The van der Waals surface area contributed by atoms with Crippen LogP contribution >= 0.6 is 36.4 Å². The van der Waals surface area contributed by atoms with Crippen molar-refractivity contribution >= 4 is 53.7 Å². The predicted molar refractivity (Wildman–Crippen MR) is 98.8 cm³/mol. The number of carbonyl (C=O) groups excluding carboxylic acids is 1. The molecule has 1 saturated carbocycles. The fourth-order valence-electron chi connectivity index (χ4n) is 2.96. The number of anilines is 2. The molecule has 0 saturated heterocycles. The standard InChI is InChI=1S/C15H22ClN3O.2ClH/c1-19(2)14-12(16)7-4-8-13(14)18-15(20)11-6-3-5-10(11)9-17;;/h4,7-8,10-11H,3,5-6,9,17H2,1-2H3,(H,18,20);2*1H/t10-,11-;;/m1../s1. The molecule has 0 radical (unpaired) electrons. The van der Waals surface area contributed by atoms with Crippen molar-refractivity contribution in [2.75, 3.05) is 30.9 Å². The summed E-state index contributed by atoms with van der Waals surface area (Å²) in [5.41, 5.74) is 7.35. The van der Waals surface area contributed by atoms with Crippen molar-refractivity contribution in [1.82, 2.24) is 0 Å². The van der Waals surface area contributed by atoms with Crippen molar-refractivity contribution in [3.8, 4) is 0 Å². The van der Waals surface area contributed by atoms with Gasteiger partial charge < -0.3 is 16.0 Å². The molecule has 1 aromatic carbocycles. The van der Waals surface area contributed by atoms with E-state index in [1.807, 2.05) is 37.2 Å². The minimum atomic E-state index is 0. The molecule has 1 aliphatic rings. The van der Waals surface area contributed by atoms with Crippen LogP contribution in [0.3, 0.4) is 0 Å². The van der Waals surface area contributed by atoms with Crippen LogP contribution in [0, 0.1) is 11.8 Å². The number of nitrogens with zero attached hydrogens (tertiary/aromatic N) is 1. The van der Waals surface area contributed by atoms with Gasteiger partial charge >= 0.3 is 0 Å². The maximum Gasteiger partial charge on any atom is 0.227 e. The molecule has 3 N–H and O–H groups in total. The van der Waals surface area contributed by atoms with Gasteiger partial charge in [0.25, 0.3) is 0 Å². The summed E-state index contributed by atoms with van der Waals surface area (Å²) >= 11 is 6.21. The fraction of sp³-hybridized carbons (Fsp3) is 0.533. The Bertz CT molecular complexity index is 497. The number of amides is 1. The molecule has 0 bridgehead atoms. The molecular formula is C15H24Cl3N3O. The molecule has 0 aliphatic heterocycles. The lowest BCUT2D eigenvalue weighted by molar-refractivity contribution is -0.120. The summed E-state index contributed by atoms with van der Waals surface area (Å²) in [6.45, 7) is 0.578. The van der Waals surface area contributed by atoms with E-state index in [0.29, 0.717) is 17.5 Å². The summed E-state index contributed by atoms with van der Waals surface area (Å²) in [4.78, 5) is 14.4. The Hall–Kier alpha value is -0.680. The highest BCUT2D eigenvalue weighted by Crippen LogP contribution is 2.35. The number of hydrogen-bond donors (Lipinski definition) is 2. The van der Waals surface area contributed by atoms with Crippen molar-refractivity contribution < 1.29 is 4.79 Å². The Labute approximate surface area is 149 Å². The van der Waals surface area contributed by atoms with Crippen molar-refractivity contribution in [3.05, 3.63) is 23.2 Å². The molecule has 22 heavy (non-hydrogen) atoms. The normalized spacial score (nSPS) is 19.8. The smallest absolute Gasteiger partial charge is 0.227 e. The summed E-state index contributed by atoms with van der Waals surface area (Å²) < 4.78 is 0. The number of nitrogens with two attached hydrogens (primary N) is 1. The molecule has 126 valence electrons. The largest absolute Gasteiger partial charge is 0.375 e. The van der Waals surface area contributed by atoms with Gasteiger partial charge in [-0.15, -0.1) is 24.8 Å². The van der Waals surface area contributed by atoms with E-state index < -0.39 is 0 Å². The van der Waals surface area contributed by atoms with Gasteiger partial charge in [-0.05, 0) is 37.4 Å². The lowest BCUT2D eigenvalue weighted by Crippen LogP contribution is -2.30. The molecule has 2 rings (SSSR count). The average Bonchev–Trinajstić information content (AvgIpc) is 2.86. The molecule has 0 unspecified atom stereocenters. The van der Waals surface area contributed by atoms with Gasteiger partial charge in [0, 0.05) is 20.0 Å². The van der Waals surface area contributed by atoms with Crippen LogP contribution in [0.5, 0.6) is 0 Å². The zero-order valence-electron chi connectivity index (χ0n) is 12.8. The molecule has 1 amide bonds. The molecular weight excluding hydrogens is 345 g/mol. The first kappa shape index (κ1) is 21.3. The molecule has 1 aromatic rings. The second-order valence-corrected chi connectivity index (χ2v) is 5.96. The van der Waals surface area contributed by atoms with Crippen molar-refractivity contribution in [2.24, 2.45) is 17.6 Å². The highest BCUT2D eigenvalue weighted by atomic mass is 35.5. The van der Waals surface area contributed by atoms with Gasteiger partial charge in [0.1, 0.15) is 0 Å². The molecule has 4 nitrogen and oxygen atoms in total. The van der Waals surface area contributed by atoms with Crippen LogP contribution in [0.2, 0.25) is 5.02 Å². The van der Waals surface area contributed by atoms with Gasteiger partial charge in [0.2, 0.25) is 5.91 Å². The second-order valence-electron chi connectivity index (χ2n) is 5.55.